The Morgan fingerprint density at radius 3 is 3.00 bits per heavy atom. The van der Waals surface area contributed by atoms with Crippen molar-refractivity contribution in [3.63, 3.8) is 0 Å². The molecule has 1 saturated heterocycles. The predicted octanol–water partition coefficient (Wildman–Crippen LogP) is 2.40. The van der Waals surface area contributed by atoms with Gasteiger partial charge in [-0.05, 0) is 56.5 Å². The Morgan fingerprint density at radius 1 is 1.47 bits per heavy atom. The van der Waals surface area contributed by atoms with Gasteiger partial charge in [-0.1, -0.05) is 6.42 Å². The van der Waals surface area contributed by atoms with E-state index in [9.17, 15) is 9.18 Å². The Balaban J connectivity index is 1.78. The number of hydrogen-bond donors (Lipinski definition) is 2. The topological polar surface area (TPSA) is 41.1 Å². The van der Waals surface area contributed by atoms with Crippen molar-refractivity contribution in [2.75, 3.05) is 13.1 Å². The van der Waals surface area contributed by atoms with Crippen LogP contribution in [0.5, 0.6) is 0 Å². The molecule has 0 radical (unpaired) electrons. The fraction of sp³-hybridized carbons (Fsp3) is 0.533. The number of halogens is 1. The fourth-order valence-electron chi connectivity index (χ4n) is 2.42. The number of nitrogens with one attached hydrogen (secondary N) is 2. The second-order valence-corrected chi connectivity index (χ2v) is 5.16. The van der Waals surface area contributed by atoms with Gasteiger partial charge in [-0.3, -0.25) is 4.79 Å². The average molecular weight is 264 g/mol. The summed E-state index contributed by atoms with van der Waals surface area (Å²) < 4.78 is 13.1. The summed E-state index contributed by atoms with van der Waals surface area (Å²) >= 11 is 0. The number of hydrogen-bond acceptors (Lipinski definition) is 2. The zero-order valence-corrected chi connectivity index (χ0v) is 11.3. The van der Waals surface area contributed by atoms with Crippen molar-refractivity contribution in [2.24, 2.45) is 0 Å². The maximum Gasteiger partial charge on any atom is 0.251 e. The van der Waals surface area contributed by atoms with Crippen LogP contribution in [0.4, 0.5) is 4.39 Å². The predicted molar refractivity (Wildman–Crippen MR) is 73.7 cm³/mol. The molecule has 19 heavy (non-hydrogen) atoms. The van der Waals surface area contributed by atoms with Crippen molar-refractivity contribution >= 4 is 5.91 Å². The molecule has 1 fully saturated rings. The summed E-state index contributed by atoms with van der Waals surface area (Å²) in [4.78, 5) is 11.9. The first kappa shape index (κ1) is 14.0. The van der Waals surface area contributed by atoms with Gasteiger partial charge in [-0.25, -0.2) is 4.39 Å². The Labute approximate surface area is 113 Å². The molecule has 1 aliphatic rings. The van der Waals surface area contributed by atoms with Crippen LogP contribution >= 0.6 is 0 Å². The lowest BCUT2D eigenvalue weighted by Gasteiger charge is -2.23. The van der Waals surface area contributed by atoms with Gasteiger partial charge < -0.3 is 10.6 Å². The molecule has 3 nitrogen and oxygen atoms in total. The number of benzene rings is 1. The third-order valence-electron chi connectivity index (χ3n) is 3.61. The van der Waals surface area contributed by atoms with Crippen LogP contribution in [0.1, 0.15) is 41.6 Å². The molecule has 1 amide bonds. The lowest BCUT2D eigenvalue weighted by molar-refractivity contribution is 0.0951. The van der Waals surface area contributed by atoms with E-state index in [1.807, 2.05) is 0 Å². The maximum atomic E-state index is 13.1. The van der Waals surface area contributed by atoms with E-state index < -0.39 is 0 Å². The van der Waals surface area contributed by atoms with E-state index in [1.54, 1.807) is 13.0 Å². The summed E-state index contributed by atoms with van der Waals surface area (Å²) in [5.41, 5.74) is 1.03. The van der Waals surface area contributed by atoms with Crippen LogP contribution in [0, 0.1) is 12.7 Å². The lowest BCUT2D eigenvalue weighted by Crippen LogP contribution is -2.37. The van der Waals surface area contributed by atoms with E-state index in [-0.39, 0.29) is 11.7 Å². The minimum atomic E-state index is -0.275. The molecule has 0 bridgehead atoms. The third-order valence-corrected chi connectivity index (χ3v) is 3.61. The highest BCUT2D eigenvalue weighted by atomic mass is 19.1. The maximum absolute atomic E-state index is 13.1. The van der Waals surface area contributed by atoms with Gasteiger partial charge in [0.1, 0.15) is 5.82 Å². The molecule has 1 aromatic carbocycles. The van der Waals surface area contributed by atoms with Crippen LogP contribution in [-0.2, 0) is 0 Å². The summed E-state index contributed by atoms with van der Waals surface area (Å²) in [7, 11) is 0. The molecule has 1 aliphatic heterocycles. The highest BCUT2D eigenvalue weighted by Crippen LogP contribution is 2.11. The van der Waals surface area contributed by atoms with E-state index in [1.165, 1.54) is 31.4 Å². The molecule has 2 rings (SSSR count). The van der Waals surface area contributed by atoms with Crippen molar-refractivity contribution in [3.8, 4) is 0 Å². The Kier molecular flexibility index (Phi) is 4.91. The van der Waals surface area contributed by atoms with Gasteiger partial charge in [0.2, 0.25) is 0 Å². The molecule has 4 heteroatoms. The first-order valence-electron chi connectivity index (χ1n) is 6.94. The first-order valence-corrected chi connectivity index (χ1v) is 6.94. The Bertz CT molecular complexity index is 442. The number of amides is 1. The van der Waals surface area contributed by atoms with Gasteiger partial charge in [0.15, 0.2) is 0 Å². The van der Waals surface area contributed by atoms with Crippen LogP contribution in [0.15, 0.2) is 18.2 Å². The van der Waals surface area contributed by atoms with Crippen molar-refractivity contribution < 1.29 is 9.18 Å². The fourth-order valence-corrected chi connectivity index (χ4v) is 2.42. The molecule has 0 aromatic heterocycles. The van der Waals surface area contributed by atoms with E-state index in [0.29, 0.717) is 23.7 Å². The molecular formula is C15H21FN2O. The molecule has 0 spiro atoms. The highest BCUT2D eigenvalue weighted by Gasteiger charge is 2.13. The SMILES string of the molecule is Cc1cc(C(=O)NCCC2CCCCN2)ccc1F. The zero-order valence-electron chi connectivity index (χ0n) is 11.3. The number of carbonyl (C=O) groups excluding carboxylic acids is 1. The van der Waals surface area contributed by atoms with Gasteiger partial charge >= 0.3 is 0 Å². The second kappa shape index (κ2) is 6.66. The molecule has 1 aromatic rings. The van der Waals surface area contributed by atoms with E-state index in [4.69, 9.17) is 0 Å². The number of rotatable bonds is 4. The molecule has 1 unspecified atom stereocenters. The average Bonchev–Trinajstić information content (AvgIpc) is 2.43. The van der Waals surface area contributed by atoms with Crippen LogP contribution < -0.4 is 10.6 Å². The molecule has 104 valence electrons. The van der Waals surface area contributed by atoms with Gasteiger partial charge in [0, 0.05) is 18.2 Å². The number of piperidine rings is 1. The standard InChI is InChI=1S/C15H21FN2O/c1-11-10-12(5-6-14(11)16)15(19)18-9-7-13-4-2-3-8-17-13/h5-6,10,13,17H,2-4,7-9H2,1H3,(H,18,19). The van der Waals surface area contributed by atoms with Gasteiger partial charge in [-0.15, -0.1) is 0 Å². The third kappa shape index (κ3) is 4.03. The van der Waals surface area contributed by atoms with E-state index in [2.05, 4.69) is 10.6 Å². The molecule has 2 N–H and O–H groups in total. The second-order valence-electron chi connectivity index (χ2n) is 5.16. The van der Waals surface area contributed by atoms with Crippen LogP contribution in [0.2, 0.25) is 0 Å². The van der Waals surface area contributed by atoms with Gasteiger partial charge in [-0.2, -0.15) is 0 Å². The number of aryl methyl sites for hydroxylation is 1. The Hall–Kier alpha value is -1.42. The quantitative estimate of drug-likeness (QED) is 0.876. The van der Waals surface area contributed by atoms with Gasteiger partial charge in [0.05, 0.1) is 0 Å². The highest BCUT2D eigenvalue weighted by molar-refractivity contribution is 5.94. The normalized spacial score (nSPS) is 19.2. The molecule has 0 aliphatic carbocycles. The summed E-state index contributed by atoms with van der Waals surface area (Å²) in [6, 6.07) is 4.97. The lowest BCUT2D eigenvalue weighted by atomic mass is 10.0. The molecule has 0 saturated carbocycles. The van der Waals surface area contributed by atoms with E-state index in [0.717, 1.165) is 13.0 Å². The van der Waals surface area contributed by atoms with Crippen LogP contribution in [0.3, 0.4) is 0 Å². The summed E-state index contributed by atoms with van der Waals surface area (Å²) in [5, 5.41) is 6.34. The summed E-state index contributed by atoms with van der Waals surface area (Å²) in [6.45, 7) is 3.40. The van der Waals surface area contributed by atoms with E-state index >= 15 is 0 Å². The Morgan fingerprint density at radius 2 is 2.32 bits per heavy atom. The van der Waals surface area contributed by atoms with Crippen LogP contribution in [-0.4, -0.2) is 25.0 Å². The monoisotopic (exact) mass is 264 g/mol. The largest absolute Gasteiger partial charge is 0.352 e. The number of carbonyl (C=O) groups is 1. The smallest absolute Gasteiger partial charge is 0.251 e. The van der Waals surface area contributed by atoms with Gasteiger partial charge in [0.25, 0.3) is 5.91 Å². The van der Waals surface area contributed by atoms with Crippen molar-refractivity contribution in [3.05, 3.63) is 35.1 Å². The summed E-state index contributed by atoms with van der Waals surface area (Å²) in [6.07, 6.45) is 4.65. The zero-order chi connectivity index (χ0) is 13.7. The molecule has 1 heterocycles. The van der Waals surface area contributed by atoms with Crippen molar-refractivity contribution in [1.29, 1.82) is 0 Å². The van der Waals surface area contributed by atoms with Crippen molar-refractivity contribution in [1.82, 2.24) is 10.6 Å². The minimum Gasteiger partial charge on any atom is -0.352 e. The minimum absolute atomic E-state index is 0.126. The van der Waals surface area contributed by atoms with Crippen LogP contribution in [0.25, 0.3) is 0 Å². The first-order chi connectivity index (χ1) is 9.16. The summed E-state index contributed by atoms with van der Waals surface area (Å²) in [5.74, 6) is -0.401. The molecular weight excluding hydrogens is 243 g/mol. The van der Waals surface area contributed by atoms with Crippen molar-refractivity contribution in [2.45, 2.75) is 38.6 Å². The molecule has 1 atom stereocenters.